The standard InChI is InChI=1S/C21H38N6O2S/c1-6-22-20(26-13-10-17(11-14-26)19(28)29-7-2)23-12-8-9-18-24-25-21(30-5)27(18)15-16(3)4/h16-17H,6-15H2,1-5H3,(H,22,23). The van der Waals surface area contributed by atoms with E-state index in [4.69, 9.17) is 9.73 Å². The lowest BCUT2D eigenvalue weighted by atomic mass is 9.97. The van der Waals surface area contributed by atoms with Gasteiger partial charge in [-0.15, -0.1) is 10.2 Å². The average Bonchev–Trinajstić information content (AvgIpc) is 3.11. The predicted octanol–water partition coefficient (Wildman–Crippen LogP) is 2.83. The van der Waals surface area contributed by atoms with E-state index in [0.717, 1.165) is 75.3 Å². The molecule has 2 heterocycles. The summed E-state index contributed by atoms with van der Waals surface area (Å²) in [6.45, 7) is 13.0. The molecule has 1 aliphatic heterocycles. The van der Waals surface area contributed by atoms with Crippen molar-refractivity contribution in [3.8, 4) is 0 Å². The van der Waals surface area contributed by atoms with Gasteiger partial charge >= 0.3 is 5.97 Å². The summed E-state index contributed by atoms with van der Waals surface area (Å²) in [5.74, 6) is 2.49. The highest BCUT2D eigenvalue weighted by atomic mass is 32.2. The number of esters is 1. The molecule has 1 aliphatic rings. The number of aromatic nitrogens is 3. The molecule has 0 aromatic carbocycles. The molecule has 30 heavy (non-hydrogen) atoms. The summed E-state index contributed by atoms with van der Waals surface area (Å²) in [6.07, 6.45) is 5.48. The van der Waals surface area contributed by atoms with E-state index >= 15 is 0 Å². The summed E-state index contributed by atoms with van der Waals surface area (Å²) in [6, 6.07) is 0. The normalized spacial score (nSPS) is 15.7. The largest absolute Gasteiger partial charge is 0.466 e. The Balaban J connectivity index is 1.89. The second kappa shape index (κ2) is 12.8. The van der Waals surface area contributed by atoms with Crippen LogP contribution in [-0.2, 0) is 22.5 Å². The van der Waals surface area contributed by atoms with E-state index in [1.165, 1.54) is 0 Å². The third kappa shape index (κ3) is 7.18. The van der Waals surface area contributed by atoms with Gasteiger partial charge in [-0.3, -0.25) is 9.79 Å². The van der Waals surface area contributed by atoms with E-state index in [1.54, 1.807) is 11.8 Å². The van der Waals surface area contributed by atoms with Crippen LogP contribution in [0.2, 0.25) is 0 Å². The maximum atomic E-state index is 12.0. The topological polar surface area (TPSA) is 84.6 Å². The van der Waals surface area contributed by atoms with Crippen LogP contribution in [-0.4, -0.2) is 70.6 Å². The summed E-state index contributed by atoms with van der Waals surface area (Å²) in [4.78, 5) is 19.0. The molecule has 1 aromatic rings. The van der Waals surface area contributed by atoms with Gasteiger partial charge in [0.1, 0.15) is 5.82 Å². The molecule has 0 unspecified atom stereocenters. The molecule has 9 heteroatoms. The predicted molar refractivity (Wildman–Crippen MR) is 122 cm³/mol. The van der Waals surface area contributed by atoms with Crippen LogP contribution in [0.5, 0.6) is 0 Å². The van der Waals surface area contributed by atoms with Crippen molar-refractivity contribution < 1.29 is 9.53 Å². The van der Waals surface area contributed by atoms with Crippen LogP contribution in [0.3, 0.4) is 0 Å². The van der Waals surface area contributed by atoms with E-state index in [9.17, 15) is 4.79 Å². The van der Waals surface area contributed by atoms with Gasteiger partial charge in [-0.05, 0) is 45.3 Å². The number of hydrogen-bond acceptors (Lipinski definition) is 6. The summed E-state index contributed by atoms with van der Waals surface area (Å²) < 4.78 is 7.41. The van der Waals surface area contributed by atoms with Crippen LogP contribution < -0.4 is 5.32 Å². The van der Waals surface area contributed by atoms with Crippen LogP contribution in [0.15, 0.2) is 10.1 Å². The monoisotopic (exact) mass is 438 g/mol. The minimum atomic E-state index is -0.0609. The number of carbonyl (C=O) groups excluding carboxylic acids is 1. The summed E-state index contributed by atoms with van der Waals surface area (Å²) in [5.41, 5.74) is 0. The van der Waals surface area contributed by atoms with Gasteiger partial charge in [-0.25, -0.2) is 0 Å². The molecule has 1 saturated heterocycles. The maximum absolute atomic E-state index is 12.0. The second-order valence-electron chi connectivity index (χ2n) is 7.96. The zero-order chi connectivity index (χ0) is 21.9. The Morgan fingerprint density at radius 3 is 2.63 bits per heavy atom. The Labute approximate surface area is 185 Å². The Morgan fingerprint density at radius 1 is 1.30 bits per heavy atom. The van der Waals surface area contributed by atoms with Gasteiger partial charge in [-0.2, -0.15) is 0 Å². The summed E-state index contributed by atoms with van der Waals surface area (Å²) in [7, 11) is 0. The smallest absolute Gasteiger partial charge is 0.309 e. The van der Waals surface area contributed by atoms with E-state index in [2.05, 4.69) is 45.8 Å². The first-order chi connectivity index (χ1) is 14.5. The highest BCUT2D eigenvalue weighted by molar-refractivity contribution is 7.98. The van der Waals surface area contributed by atoms with Crippen molar-refractivity contribution in [3.05, 3.63) is 5.82 Å². The summed E-state index contributed by atoms with van der Waals surface area (Å²) in [5, 5.41) is 13.1. The fourth-order valence-electron chi connectivity index (χ4n) is 3.64. The minimum Gasteiger partial charge on any atom is -0.466 e. The Bertz CT molecular complexity index is 683. The lowest BCUT2D eigenvalue weighted by Crippen LogP contribution is -2.46. The van der Waals surface area contributed by atoms with Crippen molar-refractivity contribution in [3.63, 3.8) is 0 Å². The molecular formula is C21H38N6O2S. The van der Waals surface area contributed by atoms with Gasteiger partial charge in [0, 0.05) is 39.1 Å². The lowest BCUT2D eigenvalue weighted by Gasteiger charge is -2.33. The lowest BCUT2D eigenvalue weighted by molar-refractivity contribution is -0.149. The van der Waals surface area contributed by atoms with E-state index < -0.39 is 0 Å². The highest BCUT2D eigenvalue weighted by Crippen LogP contribution is 2.19. The van der Waals surface area contributed by atoms with Crippen molar-refractivity contribution in [2.24, 2.45) is 16.8 Å². The number of aliphatic imine (C=N–C) groups is 1. The van der Waals surface area contributed by atoms with E-state index in [-0.39, 0.29) is 11.9 Å². The van der Waals surface area contributed by atoms with Gasteiger partial charge < -0.3 is 19.5 Å². The number of rotatable bonds is 10. The van der Waals surface area contributed by atoms with E-state index in [1.807, 2.05) is 13.2 Å². The first kappa shape index (κ1) is 24.5. The molecule has 170 valence electrons. The molecule has 0 amide bonds. The van der Waals surface area contributed by atoms with Crippen LogP contribution in [0.1, 0.15) is 52.8 Å². The number of piperidine rings is 1. The minimum absolute atomic E-state index is 0.0158. The molecule has 2 rings (SSSR count). The number of guanidine groups is 1. The Kier molecular flexibility index (Phi) is 10.5. The van der Waals surface area contributed by atoms with Gasteiger partial charge in [0.25, 0.3) is 0 Å². The van der Waals surface area contributed by atoms with Gasteiger partial charge in [0.05, 0.1) is 12.5 Å². The second-order valence-corrected chi connectivity index (χ2v) is 8.73. The number of nitrogens with zero attached hydrogens (tertiary/aromatic N) is 5. The first-order valence-corrected chi connectivity index (χ1v) is 12.4. The fraction of sp³-hybridized carbons (Fsp3) is 0.810. The molecule has 0 bridgehead atoms. The zero-order valence-corrected chi connectivity index (χ0v) is 20.0. The molecule has 0 atom stereocenters. The number of hydrogen-bond donors (Lipinski definition) is 1. The van der Waals surface area contributed by atoms with Gasteiger partial charge in [-0.1, -0.05) is 25.6 Å². The number of nitrogens with one attached hydrogen (secondary N) is 1. The van der Waals surface area contributed by atoms with Crippen molar-refractivity contribution in [1.29, 1.82) is 0 Å². The van der Waals surface area contributed by atoms with Crippen molar-refractivity contribution in [1.82, 2.24) is 25.0 Å². The highest BCUT2D eigenvalue weighted by Gasteiger charge is 2.27. The Morgan fingerprint density at radius 2 is 2.03 bits per heavy atom. The molecule has 0 saturated carbocycles. The molecule has 0 aliphatic carbocycles. The van der Waals surface area contributed by atoms with Crippen molar-refractivity contribution in [2.75, 3.05) is 39.0 Å². The van der Waals surface area contributed by atoms with Crippen LogP contribution >= 0.6 is 11.8 Å². The molecular weight excluding hydrogens is 400 g/mol. The summed E-state index contributed by atoms with van der Waals surface area (Å²) >= 11 is 1.65. The molecule has 0 radical (unpaired) electrons. The maximum Gasteiger partial charge on any atom is 0.309 e. The third-order valence-corrected chi connectivity index (χ3v) is 5.76. The Hall–Kier alpha value is -1.77. The zero-order valence-electron chi connectivity index (χ0n) is 19.2. The fourth-order valence-corrected chi connectivity index (χ4v) is 4.16. The number of aryl methyl sites for hydroxylation is 1. The van der Waals surface area contributed by atoms with Crippen LogP contribution in [0.4, 0.5) is 0 Å². The molecule has 0 spiro atoms. The average molecular weight is 439 g/mol. The van der Waals surface area contributed by atoms with E-state index in [0.29, 0.717) is 12.5 Å². The molecule has 1 N–H and O–H groups in total. The number of carbonyl (C=O) groups is 1. The van der Waals surface area contributed by atoms with Crippen molar-refractivity contribution in [2.45, 2.75) is 65.1 Å². The third-order valence-electron chi connectivity index (χ3n) is 5.09. The molecule has 8 nitrogen and oxygen atoms in total. The SMILES string of the molecule is CCNC(=NCCCc1nnc(SC)n1CC(C)C)N1CCC(C(=O)OCC)CC1. The van der Waals surface area contributed by atoms with Gasteiger partial charge in [0.15, 0.2) is 11.1 Å². The molecule has 1 aromatic heterocycles. The van der Waals surface area contributed by atoms with Crippen LogP contribution in [0.25, 0.3) is 0 Å². The van der Waals surface area contributed by atoms with Crippen molar-refractivity contribution >= 4 is 23.7 Å². The number of thioether (sulfide) groups is 1. The van der Waals surface area contributed by atoms with Gasteiger partial charge in [0.2, 0.25) is 0 Å². The quantitative estimate of drug-likeness (QED) is 0.198. The number of likely N-dealkylation sites (tertiary alicyclic amines) is 1. The van der Waals surface area contributed by atoms with Crippen LogP contribution in [0, 0.1) is 11.8 Å². The molecule has 1 fully saturated rings. The number of ether oxygens (including phenoxy) is 1. The first-order valence-electron chi connectivity index (χ1n) is 11.2.